The lowest BCUT2D eigenvalue weighted by molar-refractivity contribution is -0.117. The molecule has 0 spiro atoms. The van der Waals surface area contributed by atoms with Crippen molar-refractivity contribution in [1.82, 2.24) is 10.2 Å². The first-order chi connectivity index (χ1) is 16.9. The lowest BCUT2D eigenvalue weighted by Gasteiger charge is -2.38. The Morgan fingerprint density at radius 3 is 2.19 bits per heavy atom. The van der Waals surface area contributed by atoms with Gasteiger partial charge in [0.05, 0.1) is 11.7 Å². The molecular formula is C29H52N2O5. The van der Waals surface area contributed by atoms with Crippen LogP contribution in [0.5, 0.6) is 0 Å². The summed E-state index contributed by atoms with van der Waals surface area (Å²) in [6.07, 6.45) is 18.7. The van der Waals surface area contributed by atoms with E-state index in [1.807, 2.05) is 13.0 Å². The molecule has 7 nitrogen and oxygen atoms in total. The maximum atomic E-state index is 11.8. The summed E-state index contributed by atoms with van der Waals surface area (Å²) in [4.78, 5) is 22.5. The number of carbonyl (C=O) groups excluding carboxylic acids is 1. The van der Waals surface area contributed by atoms with Crippen LogP contribution >= 0.6 is 0 Å². The summed E-state index contributed by atoms with van der Waals surface area (Å²) in [6, 6.07) is 0.351. The molecule has 1 aliphatic carbocycles. The first-order valence-electron chi connectivity index (χ1n) is 13.3. The van der Waals surface area contributed by atoms with Crippen LogP contribution in [0.25, 0.3) is 0 Å². The van der Waals surface area contributed by atoms with Gasteiger partial charge >= 0.3 is 6.09 Å². The minimum atomic E-state index is -0.907. The van der Waals surface area contributed by atoms with E-state index in [0.29, 0.717) is 6.04 Å². The van der Waals surface area contributed by atoms with Gasteiger partial charge in [-0.3, -0.25) is 4.79 Å². The van der Waals surface area contributed by atoms with E-state index < -0.39 is 6.09 Å². The van der Waals surface area contributed by atoms with E-state index in [4.69, 9.17) is 14.9 Å². The van der Waals surface area contributed by atoms with Crippen LogP contribution in [0, 0.1) is 11.8 Å². The molecule has 3 N–H and O–H groups in total. The van der Waals surface area contributed by atoms with Crippen molar-refractivity contribution in [3.05, 3.63) is 36.0 Å². The van der Waals surface area contributed by atoms with Crippen molar-refractivity contribution >= 4 is 12.0 Å². The number of hydrogen-bond acceptors (Lipinski definition) is 4. The van der Waals surface area contributed by atoms with Gasteiger partial charge in [-0.25, -0.2) is 4.79 Å². The summed E-state index contributed by atoms with van der Waals surface area (Å²) in [5.74, 6) is 1.53. The topological polar surface area (TPSA) is 99.1 Å². The number of carbonyl (C=O) groups is 2. The van der Waals surface area contributed by atoms with E-state index in [1.165, 1.54) is 32.5 Å². The SMILES string of the molecule is CC/C=C\C(=O)NC1CCC(C/C=C(C)/C=C/C2CC(C)CC(C)(C)O2)CC1.CN(C)C(=O)O.CO. The van der Waals surface area contributed by atoms with Gasteiger partial charge in [-0.15, -0.1) is 0 Å². The molecule has 2 rings (SSSR count). The monoisotopic (exact) mass is 508 g/mol. The molecule has 2 fully saturated rings. The highest BCUT2D eigenvalue weighted by atomic mass is 16.5. The van der Waals surface area contributed by atoms with Gasteiger partial charge in [0.25, 0.3) is 0 Å². The summed E-state index contributed by atoms with van der Waals surface area (Å²) in [5, 5.41) is 18.1. The van der Waals surface area contributed by atoms with Crippen LogP contribution in [-0.4, -0.2) is 66.1 Å². The number of allylic oxidation sites excluding steroid dienone is 4. The highest BCUT2D eigenvalue weighted by molar-refractivity contribution is 5.87. The second-order valence-corrected chi connectivity index (χ2v) is 10.7. The molecule has 2 atom stereocenters. The number of carboxylic acid groups (broad SMARTS) is 1. The third-order valence-electron chi connectivity index (χ3n) is 6.37. The first kappa shape index (κ1) is 33.9. The van der Waals surface area contributed by atoms with Gasteiger partial charge in [-0.05, 0) is 90.0 Å². The van der Waals surface area contributed by atoms with Gasteiger partial charge in [0, 0.05) is 27.2 Å². The number of aliphatic hydroxyl groups excluding tert-OH is 1. The van der Waals surface area contributed by atoms with Crippen LogP contribution in [-0.2, 0) is 9.53 Å². The molecule has 0 aromatic rings. The van der Waals surface area contributed by atoms with Gasteiger partial charge in [0.2, 0.25) is 5.91 Å². The Morgan fingerprint density at radius 2 is 1.69 bits per heavy atom. The third-order valence-corrected chi connectivity index (χ3v) is 6.37. The normalized spacial score (nSPS) is 25.9. The standard InChI is InChI=1S/C25H41NO2.C3H7NO2.CH4O/c1-6-7-8-24(27)26-22-14-12-21(13-15-22)11-9-19(2)10-16-23-17-20(3)18-25(4,5)28-23;1-4(2)3(5)6;1-2/h7-10,16,20-23H,6,11-15,17-18H2,1-5H3,(H,26,27);1-2H3,(H,5,6);2H,1H3/b8-7-,16-10+,19-9+;;. The molecule has 2 aliphatic rings. The molecule has 1 saturated heterocycles. The van der Waals surface area contributed by atoms with Crippen LogP contribution in [0.15, 0.2) is 36.0 Å². The molecule has 0 bridgehead atoms. The zero-order valence-corrected chi connectivity index (χ0v) is 23.9. The second kappa shape index (κ2) is 18.2. The Balaban J connectivity index is 0.00000134. The Labute approximate surface area is 219 Å². The minimum absolute atomic E-state index is 0.00925. The van der Waals surface area contributed by atoms with Crippen LogP contribution in [0.2, 0.25) is 0 Å². The van der Waals surface area contributed by atoms with E-state index >= 15 is 0 Å². The number of nitrogens with one attached hydrogen (secondary N) is 1. The van der Waals surface area contributed by atoms with Gasteiger partial charge in [0.15, 0.2) is 0 Å². The number of hydrogen-bond donors (Lipinski definition) is 3. The summed E-state index contributed by atoms with van der Waals surface area (Å²) in [5.41, 5.74) is 1.32. The Kier molecular flexibility index (Phi) is 17.1. The number of aliphatic hydroxyl groups is 1. The molecule has 0 aromatic heterocycles. The molecular weight excluding hydrogens is 456 g/mol. The number of rotatable bonds is 7. The smallest absolute Gasteiger partial charge is 0.406 e. The summed E-state index contributed by atoms with van der Waals surface area (Å²) >= 11 is 0. The highest BCUT2D eigenvalue weighted by Crippen LogP contribution is 2.33. The number of amides is 2. The fourth-order valence-corrected chi connectivity index (χ4v) is 4.64. The van der Waals surface area contributed by atoms with Crippen molar-refractivity contribution < 1.29 is 24.5 Å². The fourth-order valence-electron chi connectivity index (χ4n) is 4.64. The highest BCUT2D eigenvalue weighted by Gasteiger charge is 2.31. The molecule has 2 unspecified atom stereocenters. The quantitative estimate of drug-likeness (QED) is 0.292. The predicted molar refractivity (Wildman–Crippen MR) is 148 cm³/mol. The van der Waals surface area contributed by atoms with E-state index in [2.05, 4.69) is 51.2 Å². The number of ether oxygens (including phenoxy) is 1. The maximum Gasteiger partial charge on any atom is 0.406 e. The molecule has 0 aromatic carbocycles. The largest absolute Gasteiger partial charge is 0.465 e. The molecule has 1 aliphatic heterocycles. The van der Waals surface area contributed by atoms with Crippen LogP contribution in [0.4, 0.5) is 4.79 Å². The zero-order chi connectivity index (χ0) is 27.7. The van der Waals surface area contributed by atoms with Crippen molar-refractivity contribution in [2.24, 2.45) is 11.8 Å². The average Bonchev–Trinajstić information content (AvgIpc) is 2.81. The summed E-state index contributed by atoms with van der Waals surface area (Å²) in [6.45, 7) is 11.0. The predicted octanol–water partition coefficient (Wildman–Crippen LogP) is 5.95. The Morgan fingerprint density at radius 1 is 1.11 bits per heavy atom. The fraction of sp³-hybridized carbons (Fsp3) is 0.724. The molecule has 7 heteroatoms. The Bertz CT molecular complexity index is 719. The minimum Gasteiger partial charge on any atom is -0.465 e. The van der Waals surface area contributed by atoms with E-state index in [-0.39, 0.29) is 17.6 Å². The van der Waals surface area contributed by atoms with Gasteiger partial charge in [-0.2, -0.15) is 0 Å². The molecule has 36 heavy (non-hydrogen) atoms. The van der Waals surface area contributed by atoms with Crippen LogP contribution < -0.4 is 5.32 Å². The first-order valence-corrected chi connectivity index (χ1v) is 13.3. The van der Waals surface area contributed by atoms with Crippen molar-refractivity contribution in [3.63, 3.8) is 0 Å². The second-order valence-electron chi connectivity index (χ2n) is 10.7. The maximum absolute atomic E-state index is 11.8. The van der Waals surface area contributed by atoms with E-state index in [9.17, 15) is 9.59 Å². The molecule has 1 heterocycles. The van der Waals surface area contributed by atoms with Crippen molar-refractivity contribution in [1.29, 1.82) is 0 Å². The molecule has 0 radical (unpaired) electrons. The summed E-state index contributed by atoms with van der Waals surface area (Å²) < 4.78 is 6.20. The lowest BCUT2D eigenvalue weighted by Crippen LogP contribution is -2.38. The van der Waals surface area contributed by atoms with E-state index in [0.717, 1.165) is 62.4 Å². The molecule has 208 valence electrons. The third kappa shape index (κ3) is 15.8. The van der Waals surface area contributed by atoms with Gasteiger partial charge in [-0.1, -0.05) is 43.7 Å². The zero-order valence-electron chi connectivity index (χ0n) is 23.9. The molecule has 2 amide bonds. The lowest BCUT2D eigenvalue weighted by atomic mass is 9.83. The van der Waals surface area contributed by atoms with Crippen LogP contribution in [0.1, 0.15) is 86.0 Å². The van der Waals surface area contributed by atoms with Gasteiger partial charge in [0.1, 0.15) is 0 Å². The van der Waals surface area contributed by atoms with Gasteiger partial charge < -0.3 is 25.2 Å². The van der Waals surface area contributed by atoms with Crippen molar-refractivity contribution in [3.8, 4) is 0 Å². The molecule has 1 saturated carbocycles. The van der Waals surface area contributed by atoms with Crippen molar-refractivity contribution in [2.45, 2.75) is 104 Å². The average molecular weight is 509 g/mol. The van der Waals surface area contributed by atoms with Crippen LogP contribution in [0.3, 0.4) is 0 Å². The van der Waals surface area contributed by atoms with E-state index in [1.54, 1.807) is 6.08 Å². The number of nitrogens with zero attached hydrogens (tertiary/aromatic N) is 1. The summed E-state index contributed by atoms with van der Waals surface area (Å²) in [7, 11) is 3.95. The van der Waals surface area contributed by atoms with Crippen molar-refractivity contribution in [2.75, 3.05) is 21.2 Å². The Hall–Kier alpha value is -2.12.